The fourth-order valence-corrected chi connectivity index (χ4v) is 2.76. The number of urea groups is 1. The maximum absolute atomic E-state index is 11.9. The Morgan fingerprint density at radius 1 is 1.21 bits per heavy atom. The Morgan fingerprint density at radius 3 is 2.47 bits per heavy atom. The van der Waals surface area contributed by atoms with Gasteiger partial charge in [0, 0.05) is 19.6 Å². The van der Waals surface area contributed by atoms with Gasteiger partial charge in [-0.15, -0.1) is 0 Å². The number of piperidine rings is 1. The van der Waals surface area contributed by atoms with Crippen molar-refractivity contribution in [3.05, 3.63) is 0 Å². The van der Waals surface area contributed by atoms with E-state index < -0.39 is 11.9 Å². The van der Waals surface area contributed by atoms with Gasteiger partial charge in [-0.25, -0.2) is 4.79 Å². The van der Waals surface area contributed by atoms with Crippen LogP contribution >= 0.6 is 0 Å². The van der Waals surface area contributed by atoms with Crippen molar-refractivity contribution in [3.8, 4) is 0 Å². The van der Waals surface area contributed by atoms with Crippen molar-refractivity contribution < 1.29 is 14.7 Å². The van der Waals surface area contributed by atoms with Crippen LogP contribution in [0.1, 0.15) is 19.3 Å². The number of hydrogen-bond acceptors (Lipinski definition) is 3. The monoisotopic (exact) mass is 269 g/mol. The molecule has 2 fully saturated rings. The molecule has 6 heteroatoms. The fourth-order valence-electron chi connectivity index (χ4n) is 2.76. The summed E-state index contributed by atoms with van der Waals surface area (Å²) in [5.74, 6) is -0.641. The number of amides is 2. The van der Waals surface area contributed by atoms with Gasteiger partial charge in [0.2, 0.25) is 0 Å². The summed E-state index contributed by atoms with van der Waals surface area (Å²) in [6.45, 7) is 3.78. The first-order valence-electron chi connectivity index (χ1n) is 7.00. The molecule has 2 N–H and O–H groups in total. The second-order valence-corrected chi connectivity index (χ2v) is 5.70. The average molecular weight is 269 g/mol. The van der Waals surface area contributed by atoms with Crippen molar-refractivity contribution in [3.63, 3.8) is 0 Å². The molecule has 2 amide bonds. The number of aliphatic carboxylic acids is 1. The number of carboxylic acid groups (broad SMARTS) is 1. The van der Waals surface area contributed by atoms with E-state index in [9.17, 15) is 9.59 Å². The van der Waals surface area contributed by atoms with E-state index >= 15 is 0 Å². The highest BCUT2D eigenvalue weighted by Crippen LogP contribution is 2.17. The van der Waals surface area contributed by atoms with Gasteiger partial charge >= 0.3 is 12.0 Å². The lowest BCUT2D eigenvalue weighted by atomic mass is 9.97. The molecule has 0 aliphatic carbocycles. The van der Waals surface area contributed by atoms with Gasteiger partial charge in [-0.1, -0.05) is 0 Å². The first kappa shape index (κ1) is 14.1. The Morgan fingerprint density at radius 2 is 1.89 bits per heavy atom. The number of carbonyl (C=O) groups is 2. The van der Waals surface area contributed by atoms with Gasteiger partial charge in [-0.05, 0) is 45.3 Å². The summed E-state index contributed by atoms with van der Waals surface area (Å²) in [4.78, 5) is 26.7. The molecule has 2 heterocycles. The molecule has 2 aliphatic rings. The van der Waals surface area contributed by atoms with Crippen molar-refractivity contribution in [1.29, 1.82) is 0 Å². The zero-order valence-electron chi connectivity index (χ0n) is 11.5. The van der Waals surface area contributed by atoms with Crippen LogP contribution in [-0.2, 0) is 4.79 Å². The Kier molecular flexibility index (Phi) is 4.63. The molecular weight excluding hydrogens is 246 g/mol. The van der Waals surface area contributed by atoms with E-state index in [0.29, 0.717) is 32.0 Å². The molecule has 19 heavy (non-hydrogen) atoms. The van der Waals surface area contributed by atoms with Crippen LogP contribution in [0, 0.1) is 11.8 Å². The average Bonchev–Trinajstić information content (AvgIpc) is 2.87. The first-order valence-corrected chi connectivity index (χ1v) is 7.00. The number of likely N-dealkylation sites (tertiary alicyclic amines) is 2. The van der Waals surface area contributed by atoms with Crippen LogP contribution in [0.4, 0.5) is 4.79 Å². The van der Waals surface area contributed by atoms with Crippen LogP contribution in [0.25, 0.3) is 0 Å². The summed E-state index contributed by atoms with van der Waals surface area (Å²) < 4.78 is 0. The molecule has 0 aromatic rings. The Labute approximate surface area is 113 Å². The third-order valence-corrected chi connectivity index (χ3v) is 4.20. The summed E-state index contributed by atoms with van der Waals surface area (Å²) in [5.41, 5.74) is 0. The molecule has 6 nitrogen and oxygen atoms in total. The van der Waals surface area contributed by atoms with Crippen LogP contribution < -0.4 is 5.32 Å². The van der Waals surface area contributed by atoms with Crippen molar-refractivity contribution in [2.24, 2.45) is 11.8 Å². The molecule has 0 aromatic heterocycles. The molecule has 0 spiro atoms. The van der Waals surface area contributed by atoms with Crippen LogP contribution in [0.2, 0.25) is 0 Å². The Hall–Kier alpha value is -1.30. The number of nitrogens with zero attached hydrogens (tertiary/aromatic N) is 2. The smallest absolute Gasteiger partial charge is 0.317 e. The number of hydrogen-bond donors (Lipinski definition) is 2. The minimum atomic E-state index is -0.800. The third-order valence-electron chi connectivity index (χ3n) is 4.20. The van der Waals surface area contributed by atoms with Gasteiger partial charge in [0.25, 0.3) is 0 Å². The topological polar surface area (TPSA) is 72.9 Å². The Bertz CT molecular complexity index is 340. The zero-order chi connectivity index (χ0) is 13.8. The third kappa shape index (κ3) is 3.83. The van der Waals surface area contributed by atoms with E-state index in [4.69, 9.17) is 5.11 Å². The lowest BCUT2D eigenvalue weighted by Gasteiger charge is -2.29. The second kappa shape index (κ2) is 6.23. The quantitative estimate of drug-likeness (QED) is 0.780. The number of nitrogens with one attached hydrogen (secondary N) is 1. The fraction of sp³-hybridized carbons (Fsp3) is 0.846. The van der Waals surface area contributed by atoms with E-state index in [0.717, 1.165) is 25.9 Å². The highest BCUT2D eigenvalue weighted by molar-refractivity contribution is 5.77. The number of rotatable bonds is 3. The summed E-state index contributed by atoms with van der Waals surface area (Å²) in [6.07, 6.45) is 2.81. The van der Waals surface area contributed by atoms with E-state index in [2.05, 4.69) is 17.3 Å². The molecular formula is C13H23N3O3. The lowest BCUT2D eigenvalue weighted by molar-refractivity contribution is -0.141. The molecule has 0 radical (unpaired) electrons. The van der Waals surface area contributed by atoms with Crippen molar-refractivity contribution in [1.82, 2.24) is 15.1 Å². The zero-order valence-corrected chi connectivity index (χ0v) is 11.5. The Balaban J connectivity index is 1.69. The van der Waals surface area contributed by atoms with Crippen molar-refractivity contribution in [2.45, 2.75) is 19.3 Å². The molecule has 0 saturated carbocycles. The molecule has 2 aliphatic heterocycles. The molecule has 1 unspecified atom stereocenters. The highest BCUT2D eigenvalue weighted by Gasteiger charge is 2.31. The lowest BCUT2D eigenvalue weighted by Crippen LogP contribution is -2.42. The molecule has 108 valence electrons. The minimum Gasteiger partial charge on any atom is -0.481 e. The molecule has 0 aromatic carbocycles. The molecule has 2 saturated heterocycles. The van der Waals surface area contributed by atoms with Crippen LogP contribution in [0.3, 0.4) is 0 Å². The van der Waals surface area contributed by atoms with Crippen molar-refractivity contribution in [2.75, 3.05) is 39.8 Å². The second-order valence-electron chi connectivity index (χ2n) is 5.70. The number of carboxylic acids is 1. The van der Waals surface area contributed by atoms with Gasteiger partial charge in [0.15, 0.2) is 0 Å². The van der Waals surface area contributed by atoms with Crippen molar-refractivity contribution >= 4 is 12.0 Å². The SMILES string of the molecule is CN1CCC(CNC(=O)N2CCC(C(=O)O)C2)CC1. The predicted octanol–water partition coefficient (Wildman–Crippen LogP) is 0.444. The summed E-state index contributed by atoms with van der Waals surface area (Å²) in [6, 6.07) is -0.109. The van der Waals surface area contributed by atoms with Crippen LogP contribution in [-0.4, -0.2) is 66.7 Å². The van der Waals surface area contributed by atoms with Gasteiger partial charge in [0.05, 0.1) is 5.92 Å². The molecule has 0 bridgehead atoms. The van der Waals surface area contributed by atoms with E-state index in [1.54, 1.807) is 4.90 Å². The van der Waals surface area contributed by atoms with Gasteiger partial charge in [-0.3, -0.25) is 4.79 Å². The first-order chi connectivity index (χ1) is 9.06. The molecule has 2 rings (SSSR count). The van der Waals surface area contributed by atoms with Gasteiger partial charge in [0.1, 0.15) is 0 Å². The van der Waals surface area contributed by atoms with Crippen LogP contribution in [0.15, 0.2) is 0 Å². The predicted molar refractivity (Wildman–Crippen MR) is 70.9 cm³/mol. The summed E-state index contributed by atoms with van der Waals surface area (Å²) in [5, 5.41) is 11.9. The van der Waals surface area contributed by atoms with E-state index in [1.807, 2.05) is 0 Å². The standard InChI is InChI=1S/C13H23N3O3/c1-15-5-2-10(3-6-15)8-14-13(19)16-7-4-11(9-16)12(17)18/h10-11H,2-9H2,1H3,(H,14,19)(H,17,18). The van der Waals surface area contributed by atoms with Gasteiger partial charge in [-0.2, -0.15) is 0 Å². The molecule has 1 atom stereocenters. The maximum atomic E-state index is 11.9. The summed E-state index contributed by atoms with van der Waals surface area (Å²) in [7, 11) is 2.12. The number of carbonyl (C=O) groups excluding carboxylic acids is 1. The van der Waals surface area contributed by atoms with Crippen LogP contribution in [0.5, 0.6) is 0 Å². The normalized spacial score (nSPS) is 25.5. The largest absolute Gasteiger partial charge is 0.481 e. The van der Waals surface area contributed by atoms with E-state index in [1.165, 1.54) is 0 Å². The highest BCUT2D eigenvalue weighted by atomic mass is 16.4. The minimum absolute atomic E-state index is 0.109. The summed E-state index contributed by atoms with van der Waals surface area (Å²) >= 11 is 0. The van der Waals surface area contributed by atoms with E-state index in [-0.39, 0.29) is 6.03 Å². The maximum Gasteiger partial charge on any atom is 0.317 e. The van der Waals surface area contributed by atoms with Gasteiger partial charge < -0.3 is 20.2 Å².